The van der Waals surface area contributed by atoms with Gasteiger partial charge in [0.1, 0.15) is 17.1 Å². The average Bonchev–Trinajstić information content (AvgIpc) is 3.32. The Labute approximate surface area is 210 Å². The number of nitrogens with zero attached hydrogens (tertiary/aromatic N) is 5. The van der Waals surface area contributed by atoms with Crippen LogP contribution in [0.25, 0.3) is 0 Å². The number of amides is 3. The number of benzene rings is 1. The Balaban J connectivity index is 1.28. The van der Waals surface area contributed by atoms with Crippen molar-refractivity contribution in [2.45, 2.75) is 57.2 Å². The minimum Gasteiger partial charge on any atom is -0.366 e. The summed E-state index contributed by atoms with van der Waals surface area (Å²) in [5.41, 5.74) is -0.0857. The summed E-state index contributed by atoms with van der Waals surface area (Å²) in [6.07, 6.45) is 5.29. The molecular formula is C26H33FN6O3. The Hall–Kier alpha value is -3.43. The molecule has 10 heteroatoms. The van der Waals surface area contributed by atoms with E-state index in [0.717, 1.165) is 25.7 Å². The second-order valence-corrected chi connectivity index (χ2v) is 10.2. The van der Waals surface area contributed by atoms with Gasteiger partial charge in [-0.25, -0.2) is 4.39 Å². The molecule has 1 aliphatic carbocycles. The quantitative estimate of drug-likeness (QED) is 0.702. The summed E-state index contributed by atoms with van der Waals surface area (Å²) in [4.78, 5) is 44.7. The lowest BCUT2D eigenvalue weighted by atomic mass is 9.92. The molecule has 192 valence electrons. The van der Waals surface area contributed by atoms with Crippen molar-refractivity contribution in [3.05, 3.63) is 47.5 Å². The van der Waals surface area contributed by atoms with E-state index < -0.39 is 5.54 Å². The van der Waals surface area contributed by atoms with Crippen molar-refractivity contribution in [3.63, 3.8) is 0 Å². The predicted octanol–water partition coefficient (Wildman–Crippen LogP) is 2.28. The number of hydrogen-bond acceptors (Lipinski definition) is 5. The zero-order chi connectivity index (χ0) is 25.4. The highest BCUT2D eigenvalue weighted by Gasteiger charge is 2.47. The lowest BCUT2D eigenvalue weighted by Gasteiger charge is -2.41. The lowest BCUT2D eigenvalue weighted by Crippen LogP contribution is -2.63. The molecule has 3 aliphatic rings. The van der Waals surface area contributed by atoms with Gasteiger partial charge in [-0.1, -0.05) is 31.4 Å². The van der Waals surface area contributed by atoms with Crippen molar-refractivity contribution in [2.75, 3.05) is 38.1 Å². The van der Waals surface area contributed by atoms with Gasteiger partial charge in [0.25, 0.3) is 11.8 Å². The van der Waals surface area contributed by atoms with Crippen LogP contribution in [0.4, 0.5) is 10.1 Å². The van der Waals surface area contributed by atoms with Crippen LogP contribution in [0.15, 0.2) is 30.3 Å². The smallest absolute Gasteiger partial charge is 0.274 e. The third kappa shape index (κ3) is 4.33. The summed E-state index contributed by atoms with van der Waals surface area (Å²) in [5.74, 6) is -1.08. The van der Waals surface area contributed by atoms with E-state index in [1.807, 2.05) is 4.90 Å². The summed E-state index contributed by atoms with van der Waals surface area (Å²) in [6, 6.07) is 8.26. The highest BCUT2D eigenvalue weighted by Crippen LogP contribution is 2.28. The van der Waals surface area contributed by atoms with Crippen molar-refractivity contribution in [3.8, 4) is 0 Å². The molecule has 2 aliphatic heterocycles. The molecule has 1 saturated heterocycles. The van der Waals surface area contributed by atoms with Gasteiger partial charge in [-0.15, -0.1) is 0 Å². The van der Waals surface area contributed by atoms with Gasteiger partial charge >= 0.3 is 0 Å². The maximum Gasteiger partial charge on any atom is 0.274 e. The molecule has 5 rings (SSSR count). The first kappa shape index (κ1) is 24.3. The molecule has 1 N–H and O–H groups in total. The SMILES string of the molecule is CN1C(=O)c2cc(C(=O)N3CCN(c4ccccc4F)CC3)nn2CC1(C)C(=O)NC1CCCCC1. The summed E-state index contributed by atoms with van der Waals surface area (Å²) in [7, 11) is 1.63. The first-order valence-electron chi connectivity index (χ1n) is 12.7. The minimum absolute atomic E-state index is 0.130. The van der Waals surface area contributed by atoms with Gasteiger partial charge in [-0.3, -0.25) is 19.1 Å². The number of anilines is 1. The minimum atomic E-state index is -1.10. The third-order valence-electron chi connectivity index (χ3n) is 7.91. The van der Waals surface area contributed by atoms with Crippen molar-refractivity contribution in [1.29, 1.82) is 0 Å². The lowest BCUT2D eigenvalue weighted by molar-refractivity contribution is -0.133. The summed E-state index contributed by atoms with van der Waals surface area (Å²) >= 11 is 0. The molecule has 3 heterocycles. The van der Waals surface area contributed by atoms with E-state index in [-0.39, 0.29) is 41.8 Å². The van der Waals surface area contributed by atoms with E-state index in [9.17, 15) is 18.8 Å². The van der Waals surface area contributed by atoms with Crippen LogP contribution in [0.5, 0.6) is 0 Å². The van der Waals surface area contributed by atoms with Gasteiger partial charge in [0.15, 0.2) is 5.69 Å². The van der Waals surface area contributed by atoms with Gasteiger partial charge in [0.2, 0.25) is 5.91 Å². The van der Waals surface area contributed by atoms with Gasteiger partial charge in [-0.2, -0.15) is 5.10 Å². The van der Waals surface area contributed by atoms with Crippen molar-refractivity contribution in [1.82, 2.24) is 24.9 Å². The molecule has 9 nitrogen and oxygen atoms in total. The Morgan fingerprint density at radius 3 is 2.47 bits per heavy atom. The molecule has 36 heavy (non-hydrogen) atoms. The Bertz CT molecular complexity index is 1170. The highest BCUT2D eigenvalue weighted by molar-refractivity contribution is 6.01. The molecule has 1 atom stereocenters. The number of rotatable bonds is 4. The van der Waals surface area contributed by atoms with Gasteiger partial charge in [0, 0.05) is 45.3 Å². The Morgan fingerprint density at radius 2 is 1.78 bits per heavy atom. The van der Waals surface area contributed by atoms with Crippen LogP contribution in [-0.4, -0.2) is 82.1 Å². The standard InChI is InChI=1S/C26H33FN6O3/c1-26(25(36)28-18-8-4-3-5-9-18)17-33-22(24(35)30(26)2)16-20(29-33)23(34)32-14-12-31(13-15-32)21-11-7-6-10-19(21)27/h6-7,10-11,16,18H,3-5,8-9,12-15,17H2,1-2H3,(H,28,36). The third-order valence-corrected chi connectivity index (χ3v) is 7.91. The molecule has 3 amide bonds. The number of hydrogen-bond donors (Lipinski definition) is 1. The Kier molecular flexibility index (Phi) is 6.44. The van der Waals surface area contributed by atoms with E-state index >= 15 is 0 Å². The van der Waals surface area contributed by atoms with E-state index in [1.165, 1.54) is 28.1 Å². The van der Waals surface area contributed by atoms with Crippen LogP contribution in [0.1, 0.15) is 60.0 Å². The van der Waals surface area contributed by atoms with Gasteiger partial charge in [-0.05, 0) is 31.9 Å². The van der Waals surface area contributed by atoms with Crippen LogP contribution in [0.2, 0.25) is 0 Å². The monoisotopic (exact) mass is 496 g/mol. The fraction of sp³-hybridized carbons (Fsp3) is 0.538. The fourth-order valence-electron chi connectivity index (χ4n) is 5.44. The van der Waals surface area contributed by atoms with E-state index in [4.69, 9.17) is 0 Å². The van der Waals surface area contributed by atoms with E-state index in [1.54, 1.807) is 37.1 Å². The van der Waals surface area contributed by atoms with Crippen LogP contribution in [0, 0.1) is 5.82 Å². The fourth-order valence-corrected chi connectivity index (χ4v) is 5.44. The van der Waals surface area contributed by atoms with Gasteiger partial charge < -0.3 is 20.0 Å². The molecule has 2 fully saturated rings. The molecule has 1 unspecified atom stereocenters. The summed E-state index contributed by atoms with van der Waals surface area (Å²) in [5, 5.41) is 7.58. The zero-order valence-electron chi connectivity index (χ0n) is 20.9. The summed E-state index contributed by atoms with van der Waals surface area (Å²) in [6.45, 7) is 3.77. The van der Waals surface area contributed by atoms with Crippen LogP contribution >= 0.6 is 0 Å². The number of carbonyl (C=O) groups excluding carboxylic acids is 3. The first-order chi connectivity index (χ1) is 17.3. The van der Waals surface area contributed by atoms with Crippen LogP contribution < -0.4 is 10.2 Å². The molecule has 1 aromatic heterocycles. The topological polar surface area (TPSA) is 90.8 Å². The highest BCUT2D eigenvalue weighted by atomic mass is 19.1. The van der Waals surface area contributed by atoms with Crippen LogP contribution in [0.3, 0.4) is 0 Å². The molecule has 1 aromatic carbocycles. The predicted molar refractivity (Wildman–Crippen MR) is 132 cm³/mol. The van der Waals surface area contributed by atoms with E-state index in [2.05, 4.69) is 10.4 Å². The Morgan fingerprint density at radius 1 is 1.08 bits per heavy atom. The number of carbonyl (C=O) groups is 3. The number of nitrogens with one attached hydrogen (secondary N) is 1. The molecule has 0 spiro atoms. The first-order valence-corrected chi connectivity index (χ1v) is 12.7. The molecule has 1 saturated carbocycles. The maximum absolute atomic E-state index is 14.1. The van der Waals surface area contributed by atoms with Crippen molar-refractivity contribution in [2.24, 2.45) is 0 Å². The number of likely N-dealkylation sites (N-methyl/N-ethyl adjacent to an activating group) is 1. The number of aromatic nitrogens is 2. The number of para-hydroxylation sites is 1. The number of piperazine rings is 1. The summed E-state index contributed by atoms with van der Waals surface area (Å²) < 4.78 is 15.6. The zero-order valence-corrected chi connectivity index (χ0v) is 20.9. The normalized spacial score (nSPS) is 23.0. The van der Waals surface area contributed by atoms with E-state index in [0.29, 0.717) is 37.6 Å². The second-order valence-electron chi connectivity index (χ2n) is 10.2. The van der Waals surface area contributed by atoms with Gasteiger partial charge in [0.05, 0.1) is 12.2 Å². The number of fused-ring (bicyclic) bond motifs is 1. The largest absolute Gasteiger partial charge is 0.366 e. The van der Waals surface area contributed by atoms with Crippen molar-refractivity contribution >= 4 is 23.4 Å². The number of halogens is 1. The van der Waals surface area contributed by atoms with Crippen LogP contribution in [-0.2, 0) is 11.3 Å². The molecule has 0 bridgehead atoms. The molecular weight excluding hydrogens is 463 g/mol. The molecule has 0 radical (unpaired) electrons. The van der Waals surface area contributed by atoms with Crippen molar-refractivity contribution < 1.29 is 18.8 Å². The second kappa shape index (κ2) is 9.55. The molecule has 2 aromatic rings. The average molecular weight is 497 g/mol. The maximum atomic E-state index is 14.1.